The van der Waals surface area contributed by atoms with Crippen LogP contribution in [0.4, 0.5) is 32.0 Å². The van der Waals surface area contributed by atoms with E-state index < -0.39 is 23.5 Å². The predicted molar refractivity (Wildman–Crippen MR) is 103 cm³/mol. The Hall–Kier alpha value is -2.88. The second-order valence-electron chi connectivity index (χ2n) is 7.50. The lowest BCUT2D eigenvalue weighted by Gasteiger charge is -2.33. The summed E-state index contributed by atoms with van der Waals surface area (Å²) in [6, 6.07) is 7.99. The Balaban J connectivity index is 1.91. The molecule has 1 heterocycles. The Morgan fingerprint density at radius 1 is 0.969 bits per heavy atom. The number of hydrogen-bond donors (Lipinski definition) is 1. The van der Waals surface area contributed by atoms with E-state index in [1.165, 1.54) is 4.90 Å². The Morgan fingerprint density at radius 3 is 2.09 bits per heavy atom. The van der Waals surface area contributed by atoms with Crippen LogP contribution in [0.3, 0.4) is 0 Å². The standard InChI is InChI=1S/C22H19F6NO3/c1-2-18(30)15-5-9-17-14(11-15)6-10-19(31)29(17)12-13-3-7-16(8-4-13)20(32,21(23,24)25)22(26,27)28/h3-5,7-9,11,32H,2,6,10,12H2,1H3. The summed E-state index contributed by atoms with van der Waals surface area (Å²) < 4.78 is 78.3. The zero-order valence-electron chi connectivity index (χ0n) is 16.8. The highest BCUT2D eigenvalue weighted by molar-refractivity contribution is 5.99. The number of aryl methyl sites for hydroxylation is 1. The van der Waals surface area contributed by atoms with Gasteiger partial charge in [-0.15, -0.1) is 0 Å². The van der Waals surface area contributed by atoms with Gasteiger partial charge in [-0.3, -0.25) is 9.59 Å². The normalized spacial score (nSPS) is 15.0. The van der Waals surface area contributed by atoms with Gasteiger partial charge in [0.25, 0.3) is 5.60 Å². The fourth-order valence-corrected chi connectivity index (χ4v) is 3.63. The minimum Gasteiger partial charge on any atom is -0.369 e. The Labute approximate surface area is 179 Å². The summed E-state index contributed by atoms with van der Waals surface area (Å²) in [4.78, 5) is 25.7. The summed E-state index contributed by atoms with van der Waals surface area (Å²) in [5, 5.41) is 9.49. The van der Waals surface area contributed by atoms with Crippen LogP contribution in [0.15, 0.2) is 42.5 Å². The van der Waals surface area contributed by atoms with Crippen LogP contribution >= 0.6 is 0 Å². The van der Waals surface area contributed by atoms with E-state index in [-0.39, 0.29) is 30.2 Å². The first kappa shape index (κ1) is 23.8. The number of rotatable bonds is 5. The monoisotopic (exact) mass is 459 g/mol. The van der Waals surface area contributed by atoms with E-state index in [1.54, 1.807) is 25.1 Å². The smallest absolute Gasteiger partial charge is 0.369 e. The highest BCUT2D eigenvalue weighted by atomic mass is 19.4. The van der Waals surface area contributed by atoms with E-state index in [1.807, 2.05) is 0 Å². The molecule has 0 radical (unpaired) electrons. The number of anilines is 1. The molecule has 0 saturated heterocycles. The summed E-state index contributed by atoms with van der Waals surface area (Å²) in [6.07, 6.45) is -11.1. The fourth-order valence-electron chi connectivity index (χ4n) is 3.63. The van der Waals surface area contributed by atoms with Crippen LogP contribution in [-0.4, -0.2) is 29.1 Å². The lowest BCUT2D eigenvalue weighted by molar-refractivity contribution is -0.376. The van der Waals surface area contributed by atoms with Gasteiger partial charge in [-0.1, -0.05) is 31.2 Å². The van der Waals surface area contributed by atoms with Crippen molar-refractivity contribution in [3.8, 4) is 0 Å². The molecule has 4 nitrogen and oxygen atoms in total. The number of aliphatic hydroxyl groups is 1. The highest BCUT2D eigenvalue weighted by Crippen LogP contribution is 2.50. The quantitative estimate of drug-likeness (QED) is 0.502. The van der Waals surface area contributed by atoms with E-state index in [0.29, 0.717) is 36.2 Å². The lowest BCUT2D eigenvalue weighted by Crippen LogP contribution is -2.53. The molecule has 0 fully saturated rings. The molecule has 10 heteroatoms. The average Bonchev–Trinajstić information content (AvgIpc) is 2.73. The SMILES string of the molecule is CCC(=O)c1ccc2c(c1)CCC(=O)N2Cc1ccc(C(O)(C(F)(F)F)C(F)(F)F)cc1. The van der Waals surface area contributed by atoms with Crippen molar-refractivity contribution in [3.63, 3.8) is 0 Å². The van der Waals surface area contributed by atoms with Gasteiger partial charge < -0.3 is 10.0 Å². The van der Waals surface area contributed by atoms with Crippen LogP contribution in [0, 0.1) is 0 Å². The predicted octanol–water partition coefficient (Wildman–Crippen LogP) is 5.07. The molecule has 2 aromatic carbocycles. The van der Waals surface area contributed by atoms with Gasteiger partial charge in [0.05, 0.1) is 6.54 Å². The van der Waals surface area contributed by atoms with E-state index in [0.717, 1.165) is 17.7 Å². The number of ketones is 1. The van der Waals surface area contributed by atoms with Crippen LogP contribution in [0.25, 0.3) is 0 Å². The molecule has 1 N–H and O–H groups in total. The molecule has 0 bridgehead atoms. The maximum Gasteiger partial charge on any atom is 0.430 e. The number of Topliss-reactive ketones (excluding diaryl/α,β-unsaturated/α-hetero) is 1. The molecule has 0 atom stereocenters. The zero-order chi connectivity index (χ0) is 23.9. The van der Waals surface area contributed by atoms with Gasteiger partial charge >= 0.3 is 12.4 Å². The van der Waals surface area contributed by atoms with Crippen molar-refractivity contribution in [1.82, 2.24) is 0 Å². The number of carbonyl (C=O) groups excluding carboxylic acids is 2. The van der Waals surface area contributed by atoms with Crippen LogP contribution in [0.1, 0.15) is 46.8 Å². The largest absolute Gasteiger partial charge is 0.430 e. The van der Waals surface area contributed by atoms with Crippen molar-refractivity contribution in [2.24, 2.45) is 0 Å². The molecule has 0 aliphatic carbocycles. The van der Waals surface area contributed by atoms with E-state index >= 15 is 0 Å². The summed E-state index contributed by atoms with van der Waals surface area (Å²) in [5.41, 5.74) is -4.31. The Kier molecular flexibility index (Phi) is 6.12. The summed E-state index contributed by atoms with van der Waals surface area (Å²) in [7, 11) is 0. The third kappa shape index (κ3) is 4.11. The van der Waals surface area contributed by atoms with Gasteiger partial charge in [-0.2, -0.15) is 26.3 Å². The molecule has 0 spiro atoms. The van der Waals surface area contributed by atoms with Crippen molar-refractivity contribution in [3.05, 3.63) is 64.7 Å². The average molecular weight is 459 g/mol. The number of alkyl halides is 6. The highest BCUT2D eigenvalue weighted by Gasteiger charge is 2.71. The second-order valence-corrected chi connectivity index (χ2v) is 7.50. The molecular formula is C22H19F6NO3. The first-order chi connectivity index (χ1) is 14.8. The maximum absolute atomic E-state index is 13.0. The molecule has 1 amide bonds. The molecule has 2 aromatic rings. The van der Waals surface area contributed by atoms with Crippen molar-refractivity contribution >= 4 is 17.4 Å². The minimum atomic E-state index is -5.97. The van der Waals surface area contributed by atoms with E-state index in [9.17, 15) is 41.0 Å². The lowest BCUT2D eigenvalue weighted by atomic mass is 9.91. The van der Waals surface area contributed by atoms with Crippen LogP contribution < -0.4 is 4.90 Å². The van der Waals surface area contributed by atoms with Gasteiger partial charge in [0.15, 0.2) is 5.78 Å². The number of carbonyl (C=O) groups is 2. The molecule has 172 valence electrons. The van der Waals surface area contributed by atoms with Crippen molar-refractivity contribution in [2.75, 3.05) is 4.90 Å². The number of fused-ring (bicyclic) bond motifs is 1. The summed E-state index contributed by atoms with van der Waals surface area (Å²) in [6.45, 7) is 1.63. The zero-order valence-corrected chi connectivity index (χ0v) is 16.8. The Morgan fingerprint density at radius 2 is 1.56 bits per heavy atom. The topological polar surface area (TPSA) is 57.6 Å². The third-order valence-corrected chi connectivity index (χ3v) is 5.46. The number of benzene rings is 2. The summed E-state index contributed by atoms with van der Waals surface area (Å²) >= 11 is 0. The molecule has 3 rings (SSSR count). The van der Waals surface area contributed by atoms with Crippen molar-refractivity contribution in [2.45, 2.75) is 50.7 Å². The van der Waals surface area contributed by atoms with Crippen molar-refractivity contribution < 1.29 is 41.0 Å². The van der Waals surface area contributed by atoms with E-state index in [4.69, 9.17) is 0 Å². The number of halogens is 6. The fraction of sp³-hybridized carbons (Fsp3) is 0.364. The first-order valence-corrected chi connectivity index (χ1v) is 9.71. The van der Waals surface area contributed by atoms with Gasteiger partial charge in [0.2, 0.25) is 5.91 Å². The molecule has 1 aliphatic rings. The van der Waals surface area contributed by atoms with Gasteiger partial charge in [-0.05, 0) is 35.7 Å². The van der Waals surface area contributed by atoms with Crippen molar-refractivity contribution in [1.29, 1.82) is 0 Å². The van der Waals surface area contributed by atoms with Gasteiger partial charge in [0.1, 0.15) is 0 Å². The Bertz CT molecular complexity index is 1010. The van der Waals surface area contributed by atoms with Crippen LogP contribution in [0.2, 0.25) is 0 Å². The molecule has 1 aliphatic heterocycles. The third-order valence-electron chi connectivity index (χ3n) is 5.46. The minimum absolute atomic E-state index is 0.0614. The maximum atomic E-state index is 13.0. The molecule has 32 heavy (non-hydrogen) atoms. The summed E-state index contributed by atoms with van der Waals surface area (Å²) in [5.74, 6) is -0.327. The molecule has 0 aromatic heterocycles. The molecular weight excluding hydrogens is 440 g/mol. The number of hydrogen-bond acceptors (Lipinski definition) is 3. The molecule has 0 unspecified atom stereocenters. The van der Waals surface area contributed by atoms with Crippen LogP contribution in [0.5, 0.6) is 0 Å². The first-order valence-electron chi connectivity index (χ1n) is 9.71. The number of nitrogens with zero attached hydrogens (tertiary/aromatic N) is 1. The van der Waals surface area contributed by atoms with Crippen LogP contribution in [-0.2, 0) is 23.4 Å². The second kappa shape index (κ2) is 8.23. The van der Waals surface area contributed by atoms with E-state index in [2.05, 4.69) is 0 Å². The van der Waals surface area contributed by atoms with Gasteiger partial charge in [0, 0.05) is 29.7 Å². The number of amides is 1. The molecule has 0 saturated carbocycles. The van der Waals surface area contributed by atoms with Gasteiger partial charge in [-0.25, -0.2) is 0 Å².